The zero-order valence-corrected chi connectivity index (χ0v) is 16.1. The van der Waals surface area contributed by atoms with Crippen LogP contribution in [0, 0.1) is 21.4 Å². The highest BCUT2D eigenvalue weighted by molar-refractivity contribution is 6.30. The molecule has 0 saturated heterocycles. The van der Waals surface area contributed by atoms with E-state index in [0.717, 1.165) is 0 Å². The van der Waals surface area contributed by atoms with Crippen LogP contribution in [0.1, 0.15) is 16.8 Å². The molecule has 0 aliphatic rings. The molecule has 2 rings (SSSR count). The molecule has 0 aliphatic heterocycles. The molecule has 10 heteroatoms. The zero-order valence-electron chi connectivity index (χ0n) is 15.3. The summed E-state index contributed by atoms with van der Waals surface area (Å²) in [4.78, 5) is 35.6. The molecular weight excluding hydrogens is 402 g/mol. The van der Waals surface area contributed by atoms with Crippen LogP contribution in [0.25, 0.3) is 0 Å². The lowest BCUT2D eigenvalue weighted by Gasteiger charge is -2.15. The van der Waals surface area contributed by atoms with Crippen LogP contribution < -0.4 is 4.74 Å². The van der Waals surface area contributed by atoms with Gasteiger partial charge in [-0.25, -0.2) is 4.79 Å². The van der Waals surface area contributed by atoms with Crippen LogP contribution in [-0.4, -0.2) is 41.9 Å². The number of nitriles is 1. The van der Waals surface area contributed by atoms with Gasteiger partial charge >= 0.3 is 11.7 Å². The van der Waals surface area contributed by atoms with Crippen molar-refractivity contribution in [1.29, 1.82) is 5.26 Å². The van der Waals surface area contributed by atoms with Crippen molar-refractivity contribution in [3.8, 4) is 17.6 Å². The van der Waals surface area contributed by atoms with E-state index in [-0.39, 0.29) is 40.7 Å². The maximum absolute atomic E-state index is 12.0. The summed E-state index contributed by atoms with van der Waals surface area (Å²) < 4.78 is 10.4. The van der Waals surface area contributed by atoms with Crippen LogP contribution in [0.3, 0.4) is 0 Å². The summed E-state index contributed by atoms with van der Waals surface area (Å²) in [5.41, 5.74) is -0.115. The van der Waals surface area contributed by atoms with Gasteiger partial charge in [-0.05, 0) is 36.4 Å². The molecule has 0 fully saturated rings. The van der Waals surface area contributed by atoms with E-state index in [1.54, 1.807) is 0 Å². The Kier molecular flexibility index (Phi) is 7.51. The Hall–Kier alpha value is -3.64. The molecule has 1 amide bonds. The third kappa shape index (κ3) is 6.19. The molecule has 29 heavy (non-hydrogen) atoms. The number of esters is 1. The molecule has 0 aromatic heterocycles. The van der Waals surface area contributed by atoms with E-state index in [4.69, 9.17) is 26.3 Å². The first-order valence-electron chi connectivity index (χ1n) is 8.31. The Morgan fingerprint density at radius 3 is 2.55 bits per heavy atom. The maximum Gasteiger partial charge on any atom is 0.338 e. The van der Waals surface area contributed by atoms with Gasteiger partial charge in [-0.15, -0.1) is 0 Å². The third-order valence-corrected chi connectivity index (χ3v) is 3.98. The average Bonchev–Trinajstić information content (AvgIpc) is 2.71. The van der Waals surface area contributed by atoms with Crippen molar-refractivity contribution in [2.24, 2.45) is 0 Å². The van der Waals surface area contributed by atoms with E-state index < -0.39 is 23.4 Å². The highest BCUT2D eigenvalue weighted by Gasteiger charge is 2.17. The quantitative estimate of drug-likeness (QED) is 0.365. The largest absolute Gasteiger partial charge is 0.452 e. The molecule has 0 heterocycles. The average molecular weight is 418 g/mol. The van der Waals surface area contributed by atoms with Crippen molar-refractivity contribution >= 4 is 29.2 Å². The molecule has 0 N–H and O–H groups in total. The number of nitrogens with zero attached hydrogens (tertiary/aromatic N) is 3. The van der Waals surface area contributed by atoms with Crippen molar-refractivity contribution in [2.75, 3.05) is 20.2 Å². The van der Waals surface area contributed by atoms with Gasteiger partial charge in [-0.3, -0.25) is 14.9 Å². The lowest BCUT2D eigenvalue weighted by Crippen LogP contribution is -2.31. The van der Waals surface area contributed by atoms with Gasteiger partial charge in [0.15, 0.2) is 6.61 Å². The number of nitro benzene ring substituents is 1. The van der Waals surface area contributed by atoms with Crippen molar-refractivity contribution < 1.29 is 24.0 Å². The second kappa shape index (κ2) is 10.1. The molecule has 0 saturated carbocycles. The third-order valence-electron chi connectivity index (χ3n) is 3.75. The number of hydrogen-bond donors (Lipinski definition) is 0. The standard InChI is InChI=1S/C19H16ClN3O6/c1-22(10-2-9-21)18(24)12-28-19(25)13-3-6-15(7-4-13)29-17-8-5-14(20)11-16(17)23(26)27/h3-8,11H,2,10,12H2,1H3. The van der Waals surface area contributed by atoms with Crippen molar-refractivity contribution in [3.63, 3.8) is 0 Å². The number of hydrogen-bond acceptors (Lipinski definition) is 7. The number of carbonyl (C=O) groups excluding carboxylic acids is 2. The smallest absolute Gasteiger partial charge is 0.338 e. The maximum atomic E-state index is 12.0. The zero-order chi connectivity index (χ0) is 21.4. The van der Waals surface area contributed by atoms with E-state index in [1.165, 1.54) is 54.4 Å². The minimum absolute atomic E-state index is 0.000675. The summed E-state index contributed by atoms with van der Waals surface area (Å²) in [6, 6.07) is 11.6. The second-order valence-electron chi connectivity index (χ2n) is 5.80. The van der Waals surface area contributed by atoms with Gasteiger partial charge in [-0.1, -0.05) is 11.6 Å². The van der Waals surface area contributed by atoms with E-state index >= 15 is 0 Å². The molecule has 0 spiro atoms. The molecule has 0 atom stereocenters. The van der Waals surface area contributed by atoms with Crippen molar-refractivity contribution in [2.45, 2.75) is 6.42 Å². The Labute approximate surface area is 171 Å². The number of halogens is 1. The predicted octanol–water partition coefficient (Wildman–Crippen LogP) is 3.57. The number of carbonyl (C=O) groups is 2. The summed E-state index contributed by atoms with van der Waals surface area (Å²) in [5.74, 6) is -0.875. The van der Waals surface area contributed by atoms with Crippen LogP contribution in [0.15, 0.2) is 42.5 Å². The number of ether oxygens (including phenoxy) is 2. The first-order chi connectivity index (χ1) is 13.8. The topological polar surface area (TPSA) is 123 Å². The SMILES string of the molecule is CN(CCC#N)C(=O)COC(=O)c1ccc(Oc2ccc(Cl)cc2[N+](=O)[O-])cc1. The number of benzene rings is 2. The van der Waals surface area contributed by atoms with Crippen LogP contribution >= 0.6 is 11.6 Å². The Bertz CT molecular complexity index is 955. The number of nitro groups is 1. The summed E-state index contributed by atoms with van der Waals surface area (Å²) in [6.07, 6.45) is 0.184. The Morgan fingerprint density at radius 2 is 1.93 bits per heavy atom. The number of rotatable bonds is 8. The normalized spacial score (nSPS) is 9.97. The van der Waals surface area contributed by atoms with Crippen LogP contribution in [0.2, 0.25) is 5.02 Å². The van der Waals surface area contributed by atoms with Crippen LogP contribution in [0.4, 0.5) is 5.69 Å². The van der Waals surface area contributed by atoms with E-state index in [9.17, 15) is 19.7 Å². The molecule has 0 aliphatic carbocycles. The summed E-state index contributed by atoms with van der Waals surface area (Å²) >= 11 is 5.76. The highest BCUT2D eigenvalue weighted by atomic mass is 35.5. The fourth-order valence-electron chi connectivity index (χ4n) is 2.17. The number of amides is 1. The molecule has 150 valence electrons. The van der Waals surface area contributed by atoms with Gasteiger partial charge in [0.25, 0.3) is 5.91 Å². The van der Waals surface area contributed by atoms with E-state index in [0.29, 0.717) is 0 Å². The summed E-state index contributed by atoms with van der Waals surface area (Å²) in [7, 11) is 1.51. The lowest BCUT2D eigenvalue weighted by molar-refractivity contribution is -0.385. The molecule has 2 aromatic carbocycles. The van der Waals surface area contributed by atoms with Gasteiger partial charge in [0.05, 0.1) is 23.0 Å². The van der Waals surface area contributed by atoms with Crippen molar-refractivity contribution in [1.82, 2.24) is 4.90 Å². The van der Waals surface area contributed by atoms with Gasteiger partial charge in [-0.2, -0.15) is 5.26 Å². The van der Waals surface area contributed by atoms with Gasteiger partial charge in [0, 0.05) is 24.7 Å². The predicted molar refractivity (Wildman–Crippen MR) is 103 cm³/mol. The first kappa shape index (κ1) is 21.7. The minimum Gasteiger partial charge on any atom is -0.452 e. The van der Waals surface area contributed by atoms with Gasteiger partial charge in [0.2, 0.25) is 5.75 Å². The molecule has 2 aromatic rings. The highest BCUT2D eigenvalue weighted by Crippen LogP contribution is 2.33. The van der Waals surface area contributed by atoms with Crippen LogP contribution in [0.5, 0.6) is 11.5 Å². The lowest BCUT2D eigenvalue weighted by atomic mass is 10.2. The second-order valence-corrected chi connectivity index (χ2v) is 6.23. The van der Waals surface area contributed by atoms with E-state index in [2.05, 4.69) is 0 Å². The fraction of sp³-hybridized carbons (Fsp3) is 0.211. The van der Waals surface area contributed by atoms with E-state index in [1.807, 2.05) is 6.07 Å². The Morgan fingerprint density at radius 1 is 1.24 bits per heavy atom. The molecule has 0 radical (unpaired) electrons. The monoisotopic (exact) mass is 417 g/mol. The fourth-order valence-corrected chi connectivity index (χ4v) is 2.34. The van der Waals surface area contributed by atoms with Crippen LogP contribution in [-0.2, 0) is 9.53 Å². The molecule has 0 unspecified atom stereocenters. The first-order valence-corrected chi connectivity index (χ1v) is 8.69. The van der Waals surface area contributed by atoms with Crippen molar-refractivity contribution in [3.05, 3.63) is 63.2 Å². The summed E-state index contributed by atoms with van der Waals surface area (Å²) in [6.45, 7) is -0.203. The molecule has 0 bridgehead atoms. The summed E-state index contributed by atoms with van der Waals surface area (Å²) in [5, 5.41) is 19.8. The molecule has 9 nitrogen and oxygen atoms in total. The Balaban J connectivity index is 1.98. The number of likely N-dealkylation sites (N-methyl/N-ethyl adjacent to an activating group) is 1. The minimum atomic E-state index is -0.712. The van der Waals surface area contributed by atoms with Gasteiger partial charge < -0.3 is 14.4 Å². The molecular formula is C19H16ClN3O6. The van der Waals surface area contributed by atoms with Gasteiger partial charge in [0.1, 0.15) is 5.75 Å².